The van der Waals surface area contributed by atoms with Crippen molar-refractivity contribution < 1.29 is 4.74 Å². The van der Waals surface area contributed by atoms with Gasteiger partial charge >= 0.3 is 0 Å². The zero-order chi connectivity index (χ0) is 18.3. The number of benzene rings is 1. The maximum absolute atomic E-state index is 5.25. The molecule has 0 spiro atoms. The van der Waals surface area contributed by atoms with Gasteiger partial charge in [-0.2, -0.15) is 0 Å². The molecule has 0 aliphatic heterocycles. The molecule has 0 saturated carbocycles. The van der Waals surface area contributed by atoms with Gasteiger partial charge in [0.25, 0.3) is 0 Å². The van der Waals surface area contributed by atoms with Crippen molar-refractivity contribution in [3.63, 3.8) is 0 Å². The number of aromatic nitrogens is 1. The predicted octanol–water partition coefficient (Wildman–Crippen LogP) is 3.36. The van der Waals surface area contributed by atoms with Gasteiger partial charge in [0.15, 0.2) is 5.96 Å². The van der Waals surface area contributed by atoms with Gasteiger partial charge < -0.3 is 15.4 Å². The van der Waals surface area contributed by atoms with Crippen molar-refractivity contribution in [3.05, 3.63) is 45.9 Å². The first-order valence-corrected chi connectivity index (χ1v) is 9.32. The molecule has 2 rings (SSSR count). The van der Waals surface area contributed by atoms with E-state index < -0.39 is 0 Å². The maximum atomic E-state index is 5.25. The SMILES string of the molecule is CN=C(NCCc1nc(C(C)(C)C)cs1)NCc1cccc(OC)c1. The Balaban J connectivity index is 1.79. The first-order valence-electron chi connectivity index (χ1n) is 8.44. The van der Waals surface area contributed by atoms with Crippen LogP contribution in [0.1, 0.15) is 37.0 Å². The molecule has 0 amide bonds. The molecule has 0 aliphatic carbocycles. The summed E-state index contributed by atoms with van der Waals surface area (Å²) in [5.74, 6) is 1.65. The van der Waals surface area contributed by atoms with E-state index in [0.717, 1.165) is 40.9 Å². The lowest BCUT2D eigenvalue weighted by molar-refractivity contribution is 0.414. The van der Waals surface area contributed by atoms with Crippen LogP contribution in [0.4, 0.5) is 0 Å². The molecule has 2 N–H and O–H groups in total. The standard InChI is InChI=1S/C19H28N4OS/c1-19(2,3)16-13-25-17(23-16)9-10-21-18(20-4)22-12-14-7-6-8-15(11-14)24-5/h6-8,11,13H,9-10,12H2,1-5H3,(H2,20,21,22). The third-order valence-electron chi connectivity index (χ3n) is 3.77. The molecule has 2 aromatic rings. The third-order valence-corrected chi connectivity index (χ3v) is 4.68. The minimum Gasteiger partial charge on any atom is -0.497 e. The Bertz CT molecular complexity index is 703. The second-order valence-electron chi connectivity index (χ2n) is 6.83. The van der Waals surface area contributed by atoms with E-state index in [1.54, 1.807) is 25.5 Å². The van der Waals surface area contributed by atoms with Crippen LogP contribution in [0.2, 0.25) is 0 Å². The van der Waals surface area contributed by atoms with E-state index in [1.807, 2.05) is 18.2 Å². The molecule has 136 valence electrons. The van der Waals surface area contributed by atoms with Gasteiger partial charge in [-0.1, -0.05) is 32.9 Å². The smallest absolute Gasteiger partial charge is 0.191 e. The van der Waals surface area contributed by atoms with Crippen molar-refractivity contribution in [2.45, 2.75) is 39.2 Å². The van der Waals surface area contributed by atoms with E-state index >= 15 is 0 Å². The Hall–Kier alpha value is -2.08. The van der Waals surface area contributed by atoms with Gasteiger partial charge in [0.05, 0.1) is 17.8 Å². The molecule has 1 aromatic heterocycles. The number of aliphatic imine (C=N–C) groups is 1. The van der Waals surface area contributed by atoms with Gasteiger partial charge in [-0.05, 0) is 17.7 Å². The highest BCUT2D eigenvalue weighted by Crippen LogP contribution is 2.23. The highest BCUT2D eigenvalue weighted by Gasteiger charge is 2.17. The molecular weight excluding hydrogens is 332 g/mol. The van der Waals surface area contributed by atoms with Crippen LogP contribution in [0, 0.1) is 0 Å². The number of nitrogens with zero attached hydrogens (tertiary/aromatic N) is 2. The number of hydrogen-bond donors (Lipinski definition) is 2. The topological polar surface area (TPSA) is 58.5 Å². The van der Waals surface area contributed by atoms with Gasteiger partial charge in [-0.15, -0.1) is 11.3 Å². The monoisotopic (exact) mass is 360 g/mol. The Labute approximate surface area is 154 Å². The molecule has 25 heavy (non-hydrogen) atoms. The summed E-state index contributed by atoms with van der Waals surface area (Å²) in [6.07, 6.45) is 0.889. The molecule has 0 radical (unpaired) electrons. The summed E-state index contributed by atoms with van der Waals surface area (Å²) in [6.45, 7) is 8.06. The second kappa shape index (κ2) is 8.85. The van der Waals surface area contributed by atoms with Crippen molar-refractivity contribution >= 4 is 17.3 Å². The Morgan fingerprint density at radius 3 is 2.72 bits per heavy atom. The van der Waals surface area contributed by atoms with Crippen molar-refractivity contribution in [2.75, 3.05) is 20.7 Å². The van der Waals surface area contributed by atoms with Crippen LogP contribution in [0.25, 0.3) is 0 Å². The molecule has 5 nitrogen and oxygen atoms in total. The average Bonchev–Trinajstić information content (AvgIpc) is 3.07. The largest absolute Gasteiger partial charge is 0.497 e. The number of hydrogen-bond acceptors (Lipinski definition) is 4. The van der Waals surface area contributed by atoms with Gasteiger partial charge in [0, 0.05) is 37.4 Å². The summed E-state index contributed by atoms with van der Waals surface area (Å²) in [5.41, 5.74) is 2.42. The Morgan fingerprint density at radius 1 is 1.28 bits per heavy atom. The van der Waals surface area contributed by atoms with E-state index in [0.29, 0.717) is 6.54 Å². The van der Waals surface area contributed by atoms with Crippen LogP contribution < -0.4 is 15.4 Å². The minimum atomic E-state index is 0.108. The van der Waals surface area contributed by atoms with Crippen LogP contribution >= 0.6 is 11.3 Å². The normalized spacial score (nSPS) is 12.1. The van der Waals surface area contributed by atoms with Crippen LogP contribution in [0.15, 0.2) is 34.6 Å². The lowest BCUT2D eigenvalue weighted by Crippen LogP contribution is -2.37. The average molecular weight is 361 g/mol. The molecule has 0 atom stereocenters. The first-order chi connectivity index (χ1) is 11.9. The van der Waals surface area contributed by atoms with E-state index in [4.69, 9.17) is 9.72 Å². The van der Waals surface area contributed by atoms with Crippen LogP contribution in [0.5, 0.6) is 5.75 Å². The molecule has 1 heterocycles. The van der Waals surface area contributed by atoms with Crippen LogP contribution in [0.3, 0.4) is 0 Å². The molecular formula is C19H28N4OS. The number of ether oxygens (including phenoxy) is 1. The second-order valence-corrected chi connectivity index (χ2v) is 7.77. The molecule has 0 aliphatic rings. The van der Waals surface area contributed by atoms with Crippen molar-refractivity contribution in [3.8, 4) is 5.75 Å². The first kappa shape index (κ1) is 19.2. The zero-order valence-electron chi connectivity index (χ0n) is 15.7. The molecule has 1 aromatic carbocycles. The molecule has 0 fully saturated rings. The van der Waals surface area contributed by atoms with Crippen LogP contribution in [-0.2, 0) is 18.4 Å². The van der Waals surface area contributed by atoms with Crippen LogP contribution in [-0.4, -0.2) is 31.6 Å². The minimum absolute atomic E-state index is 0.108. The van der Waals surface area contributed by atoms with E-state index in [1.165, 1.54) is 0 Å². The highest BCUT2D eigenvalue weighted by atomic mass is 32.1. The quantitative estimate of drug-likeness (QED) is 0.613. The molecule has 0 saturated heterocycles. The summed E-state index contributed by atoms with van der Waals surface area (Å²) < 4.78 is 5.25. The molecule has 6 heteroatoms. The lowest BCUT2D eigenvalue weighted by atomic mass is 9.93. The third kappa shape index (κ3) is 6.05. The van der Waals surface area contributed by atoms with E-state index in [-0.39, 0.29) is 5.41 Å². The lowest BCUT2D eigenvalue weighted by Gasteiger charge is -2.14. The summed E-state index contributed by atoms with van der Waals surface area (Å²) in [4.78, 5) is 8.99. The maximum Gasteiger partial charge on any atom is 0.191 e. The van der Waals surface area contributed by atoms with E-state index in [2.05, 4.69) is 47.8 Å². The number of methoxy groups -OCH3 is 1. The fraction of sp³-hybridized carbons (Fsp3) is 0.474. The fourth-order valence-corrected chi connectivity index (χ4v) is 3.27. The molecule has 0 bridgehead atoms. The highest BCUT2D eigenvalue weighted by molar-refractivity contribution is 7.09. The number of nitrogens with one attached hydrogen (secondary N) is 2. The zero-order valence-corrected chi connectivity index (χ0v) is 16.5. The summed E-state index contributed by atoms with van der Waals surface area (Å²) in [7, 11) is 3.46. The van der Waals surface area contributed by atoms with Gasteiger partial charge in [-0.3, -0.25) is 4.99 Å². The summed E-state index contributed by atoms with van der Waals surface area (Å²) in [6, 6.07) is 8.01. The van der Waals surface area contributed by atoms with Crippen molar-refractivity contribution in [2.24, 2.45) is 4.99 Å². The Morgan fingerprint density at radius 2 is 2.08 bits per heavy atom. The van der Waals surface area contributed by atoms with Crippen molar-refractivity contribution in [1.29, 1.82) is 0 Å². The fourth-order valence-electron chi connectivity index (χ4n) is 2.25. The van der Waals surface area contributed by atoms with E-state index in [9.17, 15) is 0 Å². The molecule has 0 unspecified atom stereocenters. The summed E-state index contributed by atoms with van der Waals surface area (Å²) in [5, 5.41) is 9.97. The Kier molecular flexibility index (Phi) is 6.82. The predicted molar refractivity (Wildman–Crippen MR) is 106 cm³/mol. The van der Waals surface area contributed by atoms with Gasteiger partial charge in [0.2, 0.25) is 0 Å². The van der Waals surface area contributed by atoms with Gasteiger partial charge in [-0.25, -0.2) is 4.98 Å². The number of guanidine groups is 1. The number of rotatable bonds is 6. The van der Waals surface area contributed by atoms with Crippen molar-refractivity contribution in [1.82, 2.24) is 15.6 Å². The van der Waals surface area contributed by atoms with Gasteiger partial charge in [0.1, 0.15) is 5.75 Å². The summed E-state index contributed by atoms with van der Waals surface area (Å²) >= 11 is 1.72. The number of thiazole rings is 1.